The molecule has 134 valence electrons. The Labute approximate surface area is 151 Å². The Hall–Kier alpha value is -3.22. The van der Waals surface area contributed by atoms with Crippen LogP contribution in [0.15, 0.2) is 42.9 Å². The van der Waals surface area contributed by atoms with E-state index >= 15 is 0 Å². The minimum absolute atomic E-state index is 0.0812. The first-order valence-corrected chi connectivity index (χ1v) is 8.50. The van der Waals surface area contributed by atoms with Gasteiger partial charge in [-0.25, -0.2) is 9.50 Å². The second-order valence-corrected chi connectivity index (χ2v) is 6.26. The number of carbonyl (C=O) groups is 2. The number of amides is 2. The summed E-state index contributed by atoms with van der Waals surface area (Å²) in [6, 6.07) is 7.11. The number of hydrogen-bond acceptors (Lipinski definition) is 4. The number of carbonyl (C=O) groups excluding carboxylic acids is 2. The fourth-order valence-corrected chi connectivity index (χ4v) is 2.46. The van der Waals surface area contributed by atoms with Crippen molar-refractivity contribution >= 4 is 28.8 Å². The van der Waals surface area contributed by atoms with Crippen LogP contribution in [0.2, 0.25) is 0 Å². The summed E-state index contributed by atoms with van der Waals surface area (Å²) >= 11 is 0. The molecule has 7 nitrogen and oxygen atoms in total. The summed E-state index contributed by atoms with van der Waals surface area (Å²) in [6.07, 6.45) is 5.72. The molecule has 0 aliphatic carbocycles. The molecule has 26 heavy (non-hydrogen) atoms. The van der Waals surface area contributed by atoms with Crippen molar-refractivity contribution in [1.29, 1.82) is 0 Å². The maximum Gasteiger partial charge on any atom is 0.261 e. The number of para-hydroxylation sites is 2. The molecule has 0 radical (unpaired) electrons. The molecule has 3 rings (SSSR count). The number of nitrogens with zero attached hydrogens (tertiary/aromatic N) is 3. The topological polar surface area (TPSA) is 88.4 Å². The third-order valence-electron chi connectivity index (χ3n) is 4.22. The van der Waals surface area contributed by atoms with Crippen LogP contribution in [0.5, 0.6) is 0 Å². The van der Waals surface area contributed by atoms with Gasteiger partial charge in [0.05, 0.1) is 17.6 Å². The predicted octanol–water partition coefficient (Wildman–Crippen LogP) is 3.27. The second-order valence-electron chi connectivity index (χ2n) is 6.26. The van der Waals surface area contributed by atoms with E-state index in [4.69, 9.17) is 0 Å². The fourth-order valence-electron chi connectivity index (χ4n) is 2.46. The number of aromatic nitrogens is 3. The van der Waals surface area contributed by atoms with E-state index in [1.807, 2.05) is 26.8 Å². The van der Waals surface area contributed by atoms with Crippen molar-refractivity contribution in [2.75, 3.05) is 10.6 Å². The maximum absolute atomic E-state index is 12.7. The van der Waals surface area contributed by atoms with Crippen LogP contribution >= 0.6 is 0 Å². The zero-order valence-electron chi connectivity index (χ0n) is 15.0. The van der Waals surface area contributed by atoms with E-state index in [2.05, 4.69) is 20.7 Å². The average Bonchev–Trinajstić information content (AvgIpc) is 3.05. The SMILES string of the molecule is CCC(C)C(=O)Nc1ccccc1NC(=O)c1cnn2cc(C)cnc12. The Bertz CT molecular complexity index is 963. The number of nitrogens with one attached hydrogen (secondary N) is 2. The molecular weight excluding hydrogens is 330 g/mol. The van der Waals surface area contributed by atoms with Gasteiger partial charge in [-0.1, -0.05) is 26.0 Å². The van der Waals surface area contributed by atoms with Crippen molar-refractivity contribution in [3.05, 3.63) is 54.0 Å². The highest BCUT2D eigenvalue weighted by Gasteiger charge is 2.17. The lowest BCUT2D eigenvalue weighted by molar-refractivity contribution is -0.119. The average molecular weight is 351 g/mol. The molecule has 0 spiro atoms. The monoisotopic (exact) mass is 351 g/mol. The number of benzene rings is 1. The van der Waals surface area contributed by atoms with Crippen molar-refractivity contribution in [3.63, 3.8) is 0 Å². The van der Waals surface area contributed by atoms with Crippen LogP contribution in [0.4, 0.5) is 11.4 Å². The lowest BCUT2D eigenvalue weighted by Gasteiger charge is -2.14. The van der Waals surface area contributed by atoms with Crippen LogP contribution in [0.3, 0.4) is 0 Å². The zero-order chi connectivity index (χ0) is 18.7. The van der Waals surface area contributed by atoms with Crippen LogP contribution in [0, 0.1) is 12.8 Å². The minimum Gasteiger partial charge on any atom is -0.324 e. The van der Waals surface area contributed by atoms with Gasteiger partial charge in [0.1, 0.15) is 5.56 Å². The highest BCUT2D eigenvalue weighted by Crippen LogP contribution is 2.23. The molecule has 2 heterocycles. The summed E-state index contributed by atoms with van der Waals surface area (Å²) in [7, 11) is 0. The van der Waals surface area contributed by atoms with Crippen molar-refractivity contribution in [2.24, 2.45) is 5.92 Å². The summed E-state index contributed by atoms with van der Waals surface area (Å²) in [5.74, 6) is -0.519. The van der Waals surface area contributed by atoms with Gasteiger partial charge in [-0.3, -0.25) is 9.59 Å². The molecule has 2 N–H and O–H groups in total. The van der Waals surface area contributed by atoms with Gasteiger partial charge in [0.2, 0.25) is 5.91 Å². The molecule has 7 heteroatoms. The van der Waals surface area contributed by atoms with Gasteiger partial charge in [-0.05, 0) is 31.0 Å². The largest absolute Gasteiger partial charge is 0.324 e. The number of aryl methyl sites for hydroxylation is 1. The first-order chi connectivity index (χ1) is 12.5. The molecular formula is C19H21N5O2. The third kappa shape index (κ3) is 3.56. The highest BCUT2D eigenvalue weighted by molar-refractivity contribution is 6.10. The highest BCUT2D eigenvalue weighted by atomic mass is 16.2. The van der Waals surface area contributed by atoms with Gasteiger partial charge in [-0.15, -0.1) is 0 Å². The molecule has 0 fully saturated rings. The van der Waals surface area contributed by atoms with Gasteiger partial charge >= 0.3 is 0 Å². The first-order valence-electron chi connectivity index (χ1n) is 8.50. The van der Waals surface area contributed by atoms with Gasteiger partial charge in [0, 0.05) is 18.3 Å². The molecule has 2 amide bonds. The van der Waals surface area contributed by atoms with E-state index in [1.165, 1.54) is 6.20 Å². The van der Waals surface area contributed by atoms with E-state index in [0.717, 1.165) is 12.0 Å². The number of rotatable bonds is 5. The third-order valence-corrected chi connectivity index (χ3v) is 4.22. The van der Waals surface area contributed by atoms with Crippen LogP contribution in [0.1, 0.15) is 36.2 Å². The summed E-state index contributed by atoms with van der Waals surface area (Å²) in [5.41, 5.74) is 2.89. The first kappa shape index (κ1) is 17.6. The Morgan fingerprint density at radius 1 is 1.15 bits per heavy atom. The normalized spacial score (nSPS) is 12.0. The lowest BCUT2D eigenvalue weighted by atomic mass is 10.1. The summed E-state index contributed by atoms with van der Waals surface area (Å²) in [4.78, 5) is 29.1. The predicted molar refractivity (Wildman–Crippen MR) is 100 cm³/mol. The van der Waals surface area contributed by atoms with Gasteiger partial charge < -0.3 is 10.6 Å². The lowest BCUT2D eigenvalue weighted by Crippen LogP contribution is -2.21. The molecule has 0 bridgehead atoms. The van der Waals surface area contributed by atoms with E-state index in [9.17, 15) is 9.59 Å². The fraction of sp³-hybridized carbons (Fsp3) is 0.263. The minimum atomic E-state index is -0.332. The number of hydrogen-bond donors (Lipinski definition) is 2. The molecule has 0 aliphatic heterocycles. The quantitative estimate of drug-likeness (QED) is 0.738. The second kappa shape index (κ2) is 7.35. The Kier molecular flexibility index (Phi) is 4.97. The van der Waals surface area contributed by atoms with Crippen LogP contribution < -0.4 is 10.6 Å². The van der Waals surface area contributed by atoms with Crippen LogP contribution in [-0.4, -0.2) is 26.4 Å². The van der Waals surface area contributed by atoms with Crippen molar-refractivity contribution in [1.82, 2.24) is 14.6 Å². The molecule has 0 aliphatic rings. The van der Waals surface area contributed by atoms with Gasteiger partial charge in [0.25, 0.3) is 5.91 Å². The molecule has 0 saturated carbocycles. The Morgan fingerprint density at radius 3 is 2.54 bits per heavy atom. The standard InChI is InChI=1S/C19H21N5O2/c1-4-13(3)18(25)22-15-7-5-6-8-16(15)23-19(26)14-10-21-24-11-12(2)9-20-17(14)24/h5-11,13H,4H2,1-3H3,(H,22,25)(H,23,26). The van der Waals surface area contributed by atoms with Gasteiger partial charge in [-0.2, -0.15) is 5.10 Å². The van der Waals surface area contributed by atoms with E-state index in [0.29, 0.717) is 22.6 Å². The van der Waals surface area contributed by atoms with Crippen LogP contribution in [-0.2, 0) is 4.79 Å². The van der Waals surface area contributed by atoms with Gasteiger partial charge in [0.15, 0.2) is 5.65 Å². The number of fused-ring (bicyclic) bond motifs is 1. The molecule has 1 aromatic carbocycles. The Morgan fingerprint density at radius 2 is 1.85 bits per heavy atom. The summed E-state index contributed by atoms with van der Waals surface area (Å²) in [6.45, 7) is 5.73. The summed E-state index contributed by atoms with van der Waals surface area (Å²) < 4.78 is 1.57. The summed E-state index contributed by atoms with van der Waals surface area (Å²) in [5, 5.41) is 9.87. The molecule has 3 aromatic rings. The molecule has 0 saturated heterocycles. The number of anilines is 2. The van der Waals surface area contributed by atoms with E-state index in [1.54, 1.807) is 35.1 Å². The van der Waals surface area contributed by atoms with Crippen molar-refractivity contribution in [2.45, 2.75) is 27.2 Å². The smallest absolute Gasteiger partial charge is 0.261 e. The Balaban J connectivity index is 1.84. The van der Waals surface area contributed by atoms with E-state index in [-0.39, 0.29) is 17.7 Å². The van der Waals surface area contributed by atoms with E-state index < -0.39 is 0 Å². The molecule has 1 unspecified atom stereocenters. The maximum atomic E-state index is 12.7. The zero-order valence-corrected chi connectivity index (χ0v) is 15.0. The van der Waals surface area contributed by atoms with Crippen LogP contribution in [0.25, 0.3) is 5.65 Å². The molecule has 1 atom stereocenters. The molecule has 2 aromatic heterocycles. The van der Waals surface area contributed by atoms with Crippen molar-refractivity contribution in [3.8, 4) is 0 Å². The van der Waals surface area contributed by atoms with Crippen molar-refractivity contribution < 1.29 is 9.59 Å².